The molecule has 1 aromatic rings. The van der Waals surface area contributed by atoms with Crippen molar-refractivity contribution in [1.82, 2.24) is 4.90 Å². The first-order valence-corrected chi connectivity index (χ1v) is 6.82. The van der Waals surface area contributed by atoms with E-state index < -0.39 is 0 Å². The highest BCUT2D eigenvalue weighted by molar-refractivity contribution is 9.10. The van der Waals surface area contributed by atoms with Crippen LogP contribution in [0.2, 0.25) is 0 Å². The number of halogens is 1. The predicted molar refractivity (Wildman–Crippen MR) is 73.2 cm³/mol. The van der Waals surface area contributed by atoms with Crippen LogP contribution in [0.4, 0.5) is 0 Å². The second-order valence-electron chi connectivity index (χ2n) is 4.96. The third-order valence-corrected chi connectivity index (χ3v) is 4.15. The van der Waals surface area contributed by atoms with E-state index in [-0.39, 0.29) is 5.92 Å². The zero-order valence-electron chi connectivity index (χ0n) is 10.3. The summed E-state index contributed by atoms with van der Waals surface area (Å²) in [7, 11) is 4.19. The molecule has 0 amide bonds. The van der Waals surface area contributed by atoms with Crippen molar-refractivity contribution in [3.05, 3.63) is 34.3 Å². The normalized spacial score (nSPS) is 25.3. The van der Waals surface area contributed by atoms with E-state index in [0.29, 0.717) is 18.2 Å². The Morgan fingerprint density at radius 3 is 2.47 bits per heavy atom. The van der Waals surface area contributed by atoms with Crippen molar-refractivity contribution in [1.29, 1.82) is 0 Å². The van der Waals surface area contributed by atoms with Crippen molar-refractivity contribution in [2.24, 2.45) is 0 Å². The van der Waals surface area contributed by atoms with Gasteiger partial charge < -0.3 is 4.90 Å². The van der Waals surface area contributed by atoms with Gasteiger partial charge in [-0.2, -0.15) is 0 Å². The summed E-state index contributed by atoms with van der Waals surface area (Å²) in [6.07, 6.45) is 2.66. The standard InChI is InChI=1S/C14H18BrNO/c1-16(2)12-7-8-14(17)13(9-12)10-3-5-11(15)6-4-10/h3-6,12-13H,7-9H2,1-2H3. The fourth-order valence-electron chi connectivity index (χ4n) is 2.49. The summed E-state index contributed by atoms with van der Waals surface area (Å²) >= 11 is 3.43. The Labute approximate surface area is 111 Å². The van der Waals surface area contributed by atoms with Gasteiger partial charge in [0.25, 0.3) is 0 Å². The molecular weight excluding hydrogens is 278 g/mol. The van der Waals surface area contributed by atoms with E-state index in [9.17, 15) is 4.79 Å². The van der Waals surface area contributed by atoms with Crippen LogP contribution in [0.3, 0.4) is 0 Å². The molecule has 0 aliphatic heterocycles. The van der Waals surface area contributed by atoms with Gasteiger partial charge >= 0.3 is 0 Å². The Balaban J connectivity index is 2.18. The number of rotatable bonds is 2. The second kappa shape index (κ2) is 5.32. The zero-order valence-corrected chi connectivity index (χ0v) is 11.9. The molecule has 2 nitrogen and oxygen atoms in total. The Morgan fingerprint density at radius 2 is 1.88 bits per heavy atom. The van der Waals surface area contributed by atoms with E-state index in [1.165, 1.54) is 0 Å². The van der Waals surface area contributed by atoms with Gasteiger partial charge in [-0.05, 0) is 44.6 Å². The molecule has 0 spiro atoms. The largest absolute Gasteiger partial charge is 0.306 e. The molecule has 92 valence electrons. The first kappa shape index (κ1) is 12.8. The SMILES string of the molecule is CN(C)C1CCC(=O)C(c2ccc(Br)cc2)C1. The Hall–Kier alpha value is -0.670. The summed E-state index contributed by atoms with van der Waals surface area (Å²) in [5, 5.41) is 0. The Kier molecular flexibility index (Phi) is 4.00. The van der Waals surface area contributed by atoms with E-state index in [4.69, 9.17) is 0 Å². The van der Waals surface area contributed by atoms with E-state index in [1.807, 2.05) is 12.1 Å². The van der Waals surface area contributed by atoms with Crippen LogP contribution in [0.25, 0.3) is 0 Å². The number of benzene rings is 1. The molecule has 3 heteroatoms. The highest BCUT2D eigenvalue weighted by Crippen LogP contribution is 2.32. The van der Waals surface area contributed by atoms with E-state index in [0.717, 1.165) is 22.9 Å². The molecule has 0 heterocycles. The van der Waals surface area contributed by atoms with Crippen LogP contribution in [0.1, 0.15) is 30.7 Å². The highest BCUT2D eigenvalue weighted by atomic mass is 79.9. The molecule has 2 unspecified atom stereocenters. The number of Topliss-reactive ketones (excluding diaryl/α,β-unsaturated/α-hetero) is 1. The van der Waals surface area contributed by atoms with Gasteiger partial charge in [-0.3, -0.25) is 4.79 Å². The summed E-state index contributed by atoms with van der Waals surface area (Å²) in [5.74, 6) is 0.481. The van der Waals surface area contributed by atoms with Crippen molar-refractivity contribution >= 4 is 21.7 Å². The molecule has 1 fully saturated rings. The molecule has 1 saturated carbocycles. The van der Waals surface area contributed by atoms with Gasteiger partial charge in [0.2, 0.25) is 0 Å². The van der Waals surface area contributed by atoms with Crippen LogP contribution in [0, 0.1) is 0 Å². The molecule has 2 atom stereocenters. The maximum atomic E-state index is 12.0. The van der Waals surface area contributed by atoms with Gasteiger partial charge in [0.1, 0.15) is 5.78 Å². The molecule has 0 N–H and O–H groups in total. The van der Waals surface area contributed by atoms with E-state index in [2.05, 4.69) is 47.1 Å². The maximum Gasteiger partial charge on any atom is 0.140 e. The number of hydrogen-bond donors (Lipinski definition) is 0. The number of carbonyl (C=O) groups excluding carboxylic acids is 1. The lowest BCUT2D eigenvalue weighted by Crippen LogP contribution is -2.36. The van der Waals surface area contributed by atoms with Crippen LogP contribution in [0.5, 0.6) is 0 Å². The third kappa shape index (κ3) is 2.96. The molecule has 0 saturated heterocycles. The minimum atomic E-state index is 0.0873. The van der Waals surface area contributed by atoms with Crippen molar-refractivity contribution in [3.63, 3.8) is 0 Å². The molecule has 0 aromatic heterocycles. The Morgan fingerprint density at radius 1 is 1.24 bits per heavy atom. The fraction of sp³-hybridized carbons (Fsp3) is 0.500. The summed E-state index contributed by atoms with van der Waals surface area (Å²) in [5.41, 5.74) is 1.16. The average Bonchev–Trinajstić information content (AvgIpc) is 2.31. The second-order valence-corrected chi connectivity index (χ2v) is 5.88. The summed E-state index contributed by atoms with van der Waals surface area (Å²) in [4.78, 5) is 14.3. The van der Waals surface area contributed by atoms with Crippen molar-refractivity contribution in [2.45, 2.75) is 31.2 Å². The topological polar surface area (TPSA) is 20.3 Å². The van der Waals surface area contributed by atoms with Gasteiger partial charge in [-0.25, -0.2) is 0 Å². The lowest BCUT2D eigenvalue weighted by atomic mass is 9.80. The van der Waals surface area contributed by atoms with Gasteiger partial charge in [0.15, 0.2) is 0 Å². The highest BCUT2D eigenvalue weighted by Gasteiger charge is 2.30. The first-order chi connectivity index (χ1) is 8.08. The fourth-order valence-corrected chi connectivity index (χ4v) is 2.75. The predicted octanol–water partition coefficient (Wildman–Crippen LogP) is 3.22. The summed E-state index contributed by atoms with van der Waals surface area (Å²) in [6.45, 7) is 0. The monoisotopic (exact) mass is 295 g/mol. The van der Waals surface area contributed by atoms with Crippen LogP contribution < -0.4 is 0 Å². The van der Waals surface area contributed by atoms with Crippen LogP contribution in [-0.4, -0.2) is 30.8 Å². The number of nitrogens with zero attached hydrogens (tertiary/aromatic N) is 1. The molecule has 17 heavy (non-hydrogen) atoms. The molecule has 1 aromatic carbocycles. The van der Waals surface area contributed by atoms with Crippen LogP contribution >= 0.6 is 15.9 Å². The van der Waals surface area contributed by atoms with Crippen LogP contribution in [-0.2, 0) is 4.79 Å². The van der Waals surface area contributed by atoms with Crippen molar-refractivity contribution in [2.75, 3.05) is 14.1 Å². The molecule has 2 rings (SSSR count). The quantitative estimate of drug-likeness (QED) is 0.835. The lowest BCUT2D eigenvalue weighted by molar-refractivity contribution is -0.122. The minimum absolute atomic E-state index is 0.0873. The molecule has 1 aliphatic rings. The van der Waals surface area contributed by atoms with Gasteiger partial charge in [0.05, 0.1) is 0 Å². The minimum Gasteiger partial charge on any atom is -0.306 e. The molecule has 0 radical (unpaired) electrons. The van der Waals surface area contributed by atoms with Crippen molar-refractivity contribution < 1.29 is 4.79 Å². The molecule has 1 aliphatic carbocycles. The molecule has 0 bridgehead atoms. The Bertz CT molecular complexity index is 399. The number of carbonyl (C=O) groups is 1. The smallest absolute Gasteiger partial charge is 0.140 e. The maximum absolute atomic E-state index is 12.0. The zero-order chi connectivity index (χ0) is 12.4. The van der Waals surface area contributed by atoms with Gasteiger partial charge in [-0.15, -0.1) is 0 Å². The average molecular weight is 296 g/mol. The summed E-state index contributed by atoms with van der Waals surface area (Å²) in [6, 6.07) is 8.68. The van der Waals surface area contributed by atoms with E-state index in [1.54, 1.807) is 0 Å². The van der Waals surface area contributed by atoms with Crippen LogP contribution in [0.15, 0.2) is 28.7 Å². The van der Waals surface area contributed by atoms with Crippen molar-refractivity contribution in [3.8, 4) is 0 Å². The van der Waals surface area contributed by atoms with Gasteiger partial charge in [-0.1, -0.05) is 28.1 Å². The lowest BCUT2D eigenvalue weighted by Gasteiger charge is -2.32. The van der Waals surface area contributed by atoms with E-state index >= 15 is 0 Å². The number of hydrogen-bond acceptors (Lipinski definition) is 2. The first-order valence-electron chi connectivity index (χ1n) is 6.02. The molecular formula is C14H18BrNO. The third-order valence-electron chi connectivity index (χ3n) is 3.62. The van der Waals surface area contributed by atoms with Gasteiger partial charge in [0, 0.05) is 22.9 Å². The summed E-state index contributed by atoms with van der Waals surface area (Å²) < 4.78 is 1.06. The number of ketones is 1.